The number of nitrogens with one attached hydrogen (secondary N) is 2. The zero-order chi connectivity index (χ0) is 31.4. The van der Waals surface area contributed by atoms with Crippen LogP contribution in [0.4, 0.5) is 26.3 Å². The van der Waals surface area contributed by atoms with Gasteiger partial charge in [0, 0.05) is 11.1 Å². The van der Waals surface area contributed by atoms with Crippen LogP contribution in [0.1, 0.15) is 22.3 Å². The fourth-order valence-corrected chi connectivity index (χ4v) is 2.89. The summed E-state index contributed by atoms with van der Waals surface area (Å²) < 4.78 is 69.4. The van der Waals surface area contributed by atoms with Crippen LogP contribution >= 0.6 is 0 Å². The first-order chi connectivity index (χ1) is 18.9. The summed E-state index contributed by atoms with van der Waals surface area (Å²) in [5.41, 5.74) is 16.6. The van der Waals surface area contributed by atoms with Crippen LogP contribution in [0.5, 0.6) is 0 Å². The second kappa shape index (κ2) is 15.0. The molecule has 0 aliphatic rings. The first-order valence-corrected chi connectivity index (χ1v) is 11.1. The van der Waals surface area contributed by atoms with Gasteiger partial charge in [0.1, 0.15) is 11.7 Å². The van der Waals surface area contributed by atoms with E-state index in [1.807, 2.05) is 72.8 Å². The zero-order valence-electron chi connectivity index (χ0n) is 20.9. The predicted molar refractivity (Wildman–Crippen MR) is 136 cm³/mol. The maximum Gasteiger partial charge on any atom is 0.490 e. The molecule has 0 radical (unpaired) electrons. The fourth-order valence-electron chi connectivity index (χ4n) is 2.89. The lowest BCUT2D eigenvalue weighted by atomic mass is 9.98. The second-order valence-electron chi connectivity index (χ2n) is 7.86. The van der Waals surface area contributed by atoms with E-state index in [2.05, 4.69) is 0 Å². The molecule has 0 spiro atoms. The van der Waals surface area contributed by atoms with E-state index in [1.165, 1.54) is 0 Å². The number of halogens is 6. The molecule has 0 aliphatic heterocycles. The van der Waals surface area contributed by atoms with Crippen LogP contribution in [-0.4, -0.2) is 46.2 Å². The van der Waals surface area contributed by atoms with Gasteiger partial charge >= 0.3 is 24.3 Å². The number of nitrogens with two attached hydrogens (primary N) is 2. The molecular formula is C26H24F6N4O5. The largest absolute Gasteiger partial charge is 0.490 e. The van der Waals surface area contributed by atoms with E-state index >= 15 is 0 Å². The molecule has 0 saturated carbocycles. The van der Waals surface area contributed by atoms with Crippen LogP contribution in [0.3, 0.4) is 0 Å². The third-order valence-electron chi connectivity index (χ3n) is 4.75. The minimum atomic E-state index is -5.08. The Morgan fingerprint density at radius 1 is 0.707 bits per heavy atom. The van der Waals surface area contributed by atoms with Crippen molar-refractivity contribution in [3.8, 4) is 11.1 Å². The molecule has 0 bridgehead atoms. The Labute approximate surface area is 229 Å². The maximum absolute atomic E-state index is 10.6. The van der Waals surface area contributed by atoms with E-state index in [4.69, 9.17) is 46.8 Å². The van der Waals surface area contributed by atoms with Crippen molar-refractivity contribution < 1.29 is 50.9 Å². The number of aliphatic carboxylic acids is 2. The highest BCUT2D eigenvalue weighted by Gasteiger charge is 2.38. The average molecular weight is 586 g/mol. The summed E-state index contributed by atoms with van der Waals surface area (Å²) >= 11 is 0. The molecule has 0 unspecified atom stereocenters. The molecule has 0 aliphatic carbocycles. The van der Waals surface area contributed by atoms with Gasteiger partial charge in [-0.25, -0.2) is 9.59 Å². The highest BCUT2D eigenvalue weighted by molar-refractivity contribution is 5.96. The minimum Gasteiger partial charge on any atom is -0.475 e. The summed E-state index contributed by atoms with van der Waals surface area (Å²) in [4.78, 5) is 17.8. The van der Waals surface area contributed by atoms with Crippen molar-refractivity contribution in [2.24, 2.45) is 11.5 Å². The summed E-state index contributed by atoms with van der Waals surface area (Å²) in [5, 5.41) is 29.4. The predicted octanol–water partition coefficient (Wildman–Crippen LogP) is 4.91. The molecule has 0 atom stereocenters. The molecule has 0 fully saturated rings. The van der Waals surface area contributed by atoms with Gasteiger partial charge in [-0.3, -0.25) is 10.8 Å². The van der Waals surface area contributed by atoms with Crippen LogP contribution in [0.15, 0.2) is 72.8 Å². The third-order valence-corrected chi connectivity index (χ3v) is 4.75. The highest BCUT2D eigenvalue weighted by atomic mass is 19.4. The van der Waals surface area contributed by atoms with Crippen molar-refractivity contribution in [3.05, 3.63) is 95.1 Å². The quantitative estimate of drug-likeness (QED) is 0.129. The molecule has 3 rings (SSSR count). The van der Waals surface area contributed by atoms with E-state index in [-0.39, 0.29) is 11.7 Å². The Morgan fingerprint density at radius 2 is 1.17 bits per heavy atom. The van der Waals surface area contributed by atoms with Gasteiger partial charge in [0.2, 0.25) is 0 Å². The molecular weight excluding hydrogens is 562 g/mol. The Hall–Kier alpha value is -4.92. The summed E-state index contributed by atoms with van der Waals surface area (Å²) in [5.74, 6) is -5.41. The maximum atomic E-state index is 10.6. The number of nitrogen functional groups attached to an aromatic ring is 2. The topological polar surface area (TPSA) is 184 Å². The van der Waals surface area contributed by atoms with Crippen molar-refractivity contribution in [1.29, 1.82) is 10.8 Å². The first kappa shape index (κ1) is 34.1. The Kier molecular flexibility index (Phi) is 12.5. The molecule has 41 heavy (non-hydrogen) atoms. The Balaban J connectivity index is 0.000000497. The molecule has 0 saturated heterocycles. The lowest BCUT2D eigenvalue weighted by Gasteiger charge is -2.12. The van der Waals surface area contributed by atoms with E-state index in [0.29, 0.717) is 24.3 Å². The summed E-state index contributed by atoms with van der Waals surface area (Å²) in [7, 11) is 0. The van der Waals surface area contributed by atoms with E-state index in [9.17, 15) is 26.3 Å². The summed E-state index contributed by atoms with van der Waals surface area (Å²) in [6, 6.07) is 23.2. The van der Waals surface area contributed by atoms with Crippen molar-refractivity contribution >= 4 is 23.6 Å². The van der Waals surface area contributed by atoms with Gasteiger partial charge < -0.3 is 26.4 Å². The lowest BCUT2D eigenvalue weighted by molar-refractivity contribution is -0.193. The van der Waals surface area contributed by atoms with E-state index in [1.54, 1.807) is 0 Å². The molecule has 9 nitrogen and oxygen atoms in total. The lowest BCUT2D eigenvalue weighted by Crippen LogP contribution is -2.21. The molecule has 220 valence electrons. The fraction of sp³-hybridized carbons (Fsp3) is 0.154. The van der Waals surface area contributed by atoms with Crippen LogP contribution in [-0.2, 0) is 27.5 Å². The van der Waals surface area contributed by atoms with Gasteiger partial charge in [0.25, 0.3) is 0 Å². The van der Waals surface area contributed by atoms with Crippen molar-refractivity contribution in [2.45, 2.75) is 25.6 Å². The molecule has 15 heteroatoms. The number of amidine groups is 2. The van der Waals surface area contributed by atoms with Gasteiger partial charge in [0.05, 0.1) is 13.2 Å². The Morgan fingerprint density at radius 3 is 1.66 bits per heavy atom. The number of hydrogen-bond acceptors (Lipinski definition) is 5. The number of carboxylic acids is 2. The van der Waals surface area contributed by atoms with Crippen molar-refractivity contribution in [3.63, 3.8) is 0 Å². The first-order valence-electron chi connectivity index (χ1n) is 11.1. The second-order valence-corrected chi connectivity index (χ2v) is 7.86. The number of carboxylic acid groups (broad SMARTS) is 2. The third kappa shape index (κ3) is 12.2. The molecule has 0 amide bonds. The molecule has 0 heterocycles. The number of ether oxygens (including phenoxy) is 1. The molecule has 3 aromatic carbocycles. The number of alkyl halides is 6. The van der Waals surface area contributed by atoms with Gasteiger partial charge in [-0.05, 0) is 34.4 Å². The number of benzene rings is 3. The normalized spacial score (nSPS) is 10.8. The van der Waals surface area contributed by atoms with Gasteiger partial charge in [-0.2, -0.15) is 26.3 Å². The SMILES string of the molecule is N=C(N)c1cccc(COCc2ccccc2-c2cccc(C(=N)N)c2)c1.O=C(O)C(F)(F)F.O=C(O)C(F)(F)F. The number of carbonyl (C=O) groups is 2. The van der Waals surface area contributed by atoms with Crippen LogP contribution in [0.25, 0.3) is 11.1 Å². The van der Waals surface area contributed by atoms with Crippen molar-refractivity contribution in [2.75, 3.05) is 0 Å². The summed E-state index contributed by atoms with van der Waals surface area (Å²) in [6.07, 6.45) is -10.2. The highest BCUT2D eigenvalue weighted by Crippen LogP contribution is 2.25. The van der Waals surface area contributed by atoms with E-state index < -0.39 is 24.3 Å². The standard InChI is InChI=1S/C22H22N4O.2C2HF3O2/c23-21(24)17-8-3-5-15(11-17)13-27-14-19-6-1-2-10-20(19)16-7-4-9-18(12-16)22(25)26;2*3-2(4,5)1(6)7/h1-12H,13-14H2,(H3,23,24)(H3,25,26);2*(H,6,7). The Bertz CT molecular complexity index is 1350. The van der Waals surface area contributed by atoms with Gasteiger partial charge in [0.15, 0.2) is 0 Å². The summed E-state index contributed by atoms with van der Waals surface area (Å²) in [6.45, 7) is 0.883. The average Bonchev–Trinajstić information content (AvgIpc) is 2.89. The van der Waals surface area contributed by atoms with Crippen molar-refractivity contribution in [1.82, 2.24) is 0 Å². The molecule has 8 N–H and O–H groups in total. The van der Waals surface area contributed by atoms with E-state index in [0.717, 1.165) is 22.3 Å². The minimum absolute atomic E-state index is 0.0487. The van der Waals surface area contributed by atoms with Gasteiger partial charge in [-0.15, -0.1) is 0 Å². The number of rotatable bonds is 7. The molecule has 3 aromatic rings. The smallest absolute Gasteiger partial charge is 0.475 e. The van der Waals surface area contributed by atoms with Crippen LogP contribution in [0.2, 0.25) is 0 Å². The molecule has 0 aromatic heterocycles. The van der Waals surface area contributed by atoms with Crippen LogP contribution < -0.4 is 11.5 Å². The van der Waals surface area contributed by atoms with Crippen LogP contribution in [0, 0.1) is 10.8 Å². The zero-order valence-corrected chi connectivity index (χ0v) is 20.9. The van der Waals surface area contributed by atoms with Gasteiger partial charge in [-0.1, -0.05) is 60.7 Å². The number of hydrogen-bond donors (Lipinski definition) is 6. The monoisotopic (exact) mass is 586 g/mol.